The Balaban J connectivity index is 2.44. The van der Waals surface area contributed by atoms with Gasteiger partial charge >= 0.3 is 0 Å². The zero-order valence-electron chi connectivity index (χ0n) is 11.5. The Kier molecular flexibility index (Phi) is 4.91. The van der Waals surface area contributed by atoms with E-state index in [0.717, 1.165) is 12.0 Å². The van der Waals surface area contributed by atoms with Crippen molar-refractivity contribution in [3.8, 4) is 0 Å². The van der Waals surface area contributed by atoms with Crippen LogP contribution in [0.5, 0.6) is 0 Å². The van der Waals surface area contributed by atoms with Crippen LogP contribution in [0.25, 0.3) is 0 Å². The summed E-state index contributed by atoms with van der Waals surface area (Å²) in [7, 11) is -2.26. The summed E-state index contributed by atoms with van der Waals surface area (Å²) in [4.78, 5) is 3.83. The minimum atomic E-state index is -3.76. The van der Waals surface area contributed by atoms with Crippen molar-refractivity contribution in [2.24, 2.45) is 0 Å². The lowest BCUT2D eigenvalue weighted by Gasteiger charge is -2.20. The predicted octanol–water partition coefficient (Wildman–Crippen LogP) is 3.89. The highest BCUT2D eigenvalue weighted by molar-refractivity contribution is 9.10. The maximum Gasteiger partial charge on any atom is 0.267 e. The summed E-state index contributed by atoms with van der Waals surface area (Å²) >= 11 is 9.13. The molecule has 0 aliphatic heterocycles. The van der Waals surface area contributed by atoms with E-state index in [-0.39, 0.29) is 10.0 Å². The van der Waals surface area contributed by atoms with Gasteiger partial charge in [-0.05, 0) is 46.1 Å². The molecule has 0 fully saturated rings. The van der Waals surface area contributed by atoms with Crippen molar-refractivity contribution in [3.63, 3.8) is 0 Å². The van der Waals surface area contributed by atoms with Gasteiger partial charge in [0.1, 0.15) is 10.0 Å². The van der Waals surface area contributed by atoms with Gasteiger partial charge in [-0.25, -0.2) is 13.4 Å². The number of hydrogen-bond acceptors (Lipinski definition) is 3. The first-order valence-corrected chi connectivity index (χ1v) is 8.86. The molecule has 0 aliphatic carbocycles. The molecule has 0 spiro atoms. The van der Waals surface area contributed by atoms with E-state index in [4.69, 9.17) is 11.6 Å². The Hall–Kier alpha value is -1.11. The zero-order chi connectivity index (χ0) is 15.6. The quantitative estimate of drug-likeness (QED) is 0.746. The third-order valence-corrected chi connectivity index (χ3v) is 5.77. The number of sulfonamides is 1. The number of rotatable bonds is 4. The molecule has 2 rings (SSSR count). The fraction of sp³-hybridized carbons (Fsp3) is 0.214. The van der Waals surface area contributed by atoms with Crippen LogP contribution in [0.15, 0.2) is 45.9 Å². The van der Waals surface area contributed by atoms with Gasteiger partial charge < -0.3 is 0 Å². The minimum Gasteiger partial charge on any atom is -0.269 e. The van der Waals surface area contributed by atoms with Crippen LogP contribution in [0.4, 0.5) is 5.69 Å². The molecular formula is C14H14BrClN2O2S. The second kappa shape index (κ2) is 6.34. The monoisotopic (exact) mass is 388 g/mol. The van der Waals surface area contributed by atoms with Crippen LogP contribution in [0.2, 0.25) is 5.15 Å². The van der Waals surface area contributed by atoms with Crippen LogP contribution in [-0.2, 0) is 16.4 Å². The average Bonchev–Trinajstić information content (AvgIpc) is 2.49. The number of pyridine rings is 1. The van der Waals surface area contributed by atoms with Gasteiger partial charge in [0.05, 0.1) is 5.69 Å². The van der Waals surface area contributed by atoms with E-state index in [1.165, 1.54) is 23.6 Å². The standard InChI is InChI=1S/C14H14BrClN2O2S/c1-3-10-4-6-12(7-5-10)18(2)21(19,20)13-8-11(15)9-17-14(13)16/h4-9H,3H2,1-2H3. The van der Waals surface area contributed by atoms with Gasteiger partial charge in [0.2, 0.25) is 0 Å². The highest BCUT2D eigenvalue weighted by Gasteiger charge is 2.25. The molecule has 2 aromatic rings. The highest BCUT2D eigenvalue weighted by Crippen LogP contribution is 2.28. The second-order valence-electron chi connectivity index (χ2n) is 4.44. The molecule has 7 heteroatoms. The molecule has 1 heterocycles. The van der Waals surface area contributed by atoms with Gasteiger partial charge in [-0.1, -0.05) is 30.7 Å². The number of benzene rings is 1. The third-order valence-electron chi connectivity index (χ3n) is 3.12. The lowest BCUT2D eigenvalue weighted by molar-refractivity contribution is 0.594. The number of anilines is 1. The first kappa shape index (κ1) is 16.3. The van der Waals surface area contributed by atoms with Gasteiger partial charge in [-0.3, -0.25) is 4.31 Å². The third kappa shape index (κ3) is 3.39. The number of halogens is 2. The van der Waals surface area contributed by atoms with Crippen molar-refractivity contribution < 1.29 is 8.42 Å². The molecule has 1 aromatic heterocycles. The summed E-state index contributed by atoms with van der Waals surface area (Å²) in [5.74, 6) is 0. The molecule has 0 atom stereocenters. The Bertz CT molecular complexity index is 748. The molecule has 4 nitrogen and oxygen atoms in total. The summed E-state index contributed by atoms with van der Waals surface area (Å²) in [6, 6.07) is 8.80. The van der Waals surface area contributed by atoms with Crippen LogP contribution in [0.3, 0.4) is 0 Å². The van der Waals surface area contributed by atoms with Crippen molar-refractivity contribution >= 4 is 43.2 Å². The van der Waals surface area contributed by atoms with Crippen LogP contribution in [0.1, 0.15) is 12.5 Å². The van der Waals surface area contributed by atoms with Crippen LogP contribution in [0, 0.1) is 0 Å². The summed E-state index contributed by atoms with van der Waals surface area (Å²) in [6.07, 6.45) is 2.36. The fourth-order valence-electron chi connectivity index (χ4n) is 1.81. The summed E-state index contributed by atoms with van der Waals surface area (Å²) < 4.78 is 27.0. The van der Waals surface area contributed by atoms with Crippen LogP contribution >= 0.6 is 27.5 Å². The van der Waals surface area contributed by atoms with Gasteiger partial charge in [-0.2, -0.15) is 0 Å². The van der Waals surface area contributed by atoms with E-state index < -0.39 is 10.0 Å². The second-order valence-corrected chi connectivity index (χ2v) is 7.65. The molecule has 0 amide bonds. The topological polar surface area (TPSA) is 50.3 Å². The zero-order valence-corrected chi connectivity index (χ0v) is 14.7. The lowest BCUT2D eigenvalue weighted by atomic mass is 10.1. The molecular weight excluding hydrogens is 376 g/mol. The largest absolute Gasteiger partial charge is 0.269 e. The van der Waals surface area contributed by atoms with E-state index in [1.807, 2.05) is 19.1 Å². The first-order chi connectivity index (χ1) is 9.86. The molecule has 0 radical (unpaired) electrons. The summed E-state index contributed by atoms with van der Waals surface area (Å²) in [5.41, 5.74) is 1.72. The molecule has 21 heavy (non-hydrogen) atoms. The molecule has 0 bridgehead atoms. The molecule has 0 saturated heterocycles. The SMILES string of the molecule is CCc1ccc(N(C)S(=O)(=O)c2cc(Br)cnc2Cl)cc1. The van der Waals surface area contributed by atoms with Crippen molar-refractivity contribution in [3.05, 3.63) is 51.7 Å². The first-order valence-electron chi connectivity index (χ1n) is 6.25. The number of aryl methyl sites for hydroxylation is 1. The van der Waals surface area contributed by atoms with E-state index in [2.05, 4.69) is 20.9 Å². The van der Waals surface area contributed by atoms with Gasteiger partial charge in [0.15, 0.2) is 0 Å². The van der Waals surface area contributed by atoms with Crippen LogP contribution < -0.4 is 4.31 Å². The van der Waals surface area contributed by atoms with Crippen molar-refractivity contribution in [1.82, 2.24) is 4.98 Å². The van der Waals surface area contributed by atoms with E-state index in [0.29, 0.717) is 10.2 Å². The Labute approximate surface area is 137 Å². The fourth-order valence-corrected chi connectivity index (χ4v) is 3.93. The van der Waals surface area contributed by atoms with Crippen LogP contribution in [-0.4, -0.2) is 20.4 Å². The molecule has 0 saturated carbocycles. The predicted molar refractivity (Wildman–Crippen MR) is 88.4 cm³/mol. The van der Waals surface area contributed by atoms with Crippen molar-refractivity contribution in [2.75, 3.05) is 11.4 Å². The Morgan fingerprint density at radius 3 is 2.48 bits per heavy atom. The molecule has 112 valence electrons. The maximum atomic E-state index is 12.6. The van der Waals surface area contributed by atoms with Gasteiger partial charge in [-0.15, -0.1) is 0 Å². The minimum absolute atomic E-state index is 0.0272. The van der Waals surface area contributed by atoms with E-state index in [9.17, 15) is 8.42 Å². The smallest absolute Gasteiger partial charge is 0.267 e. The Morgan fingerprint density at radius 2 is 1.90 bits per heavy atom. The van der Waals surface area contributed by atoms with E-state index >= 15 is 0 Å². The number of aromatic nitrogens is 1. The van der Waals surface area contributed by atoms with Gasteiger partial charge in [0, 0.05) is 17.7 Å². The van der Waals surface area contributed by atoms with E-state index in [1.54, 1.807) is 12.1 Å². The normalized spacial score (nSPS) is 11.4. The average molecular weight is 390 g/mol. The summed E-state index contributed by atoms with van der Waals surface area (Å²) in [6.45, 7) is 2.04. The molecule has 0 unspecified atom stereocenters. The molecule has 0 N–H and O–H groups in total. The summed E-state index contributed by atoms with van der Waals surface area (Å²) in [5, 5.41) is -0.0461. The van der Waals surface area contributed by atoms with Crippen molar-refractivity contribution in [1.29, 1.82) is 0 Å². The Morgan fingerprint density at radius 1 is 1.29 bits per heavy atom. The van der Waals surface area contributed by atoms with Crippen molar-refractivity contribution in [2.45, 2.75) is 18.2 Å². The highest BCUT2D eigenvalue weighted by atomic mass is 79.9. The maximum absolute atomic E-state index is 12.6. The lowest BCUT2D eigenvalue weighted by Crippen LogP contribution is -2.27. The number of nitrogens with zero attached hydrogens (tertiary/aromatic N) is 2. The molecule has 1 aromatic carbocycles. The van der Waals surface area contributed by atoms with Gasteiger partial charge in [0.25, 0.3) is 10.0 Å². The number of hydrogen-bond donors (Lipinski definition) is 0. The molecule has 0 aliphatic rings.